The van der Waals surface area contributed by atoms with Crippen LogP contribution >= 0.6 is 23.2 Å². The average Bonchev–Trinajstić information content (AvgIpc) is 2.34. The average molecular weight is 283 g/mol. The monoisotopic (exact) mass is 282 g/mol. The molecule has 2 aromatic rings. The second-order valence-corrected chi connectivity index (χ2v) is 4.69. The van der Waals surface area contributed by atoms with Crippen LogP contribution in [0.4, 0.5) is 0 Å². The van der Waals surface area contributed by atoms with Gasteiger partial charge < -0.3 is 10.5 Å². The molecule has 3 nitrogen and oxygen atoms in total. The molecule has 5 heteroatoms. The van der Waals surface area contributed by atoms with Crippen LogP contribution < -0.4 is 10.5 Å². The van der Waals surface area contributed by atoms with Crippen molar-refractivity contribution in [1.29, 1.82) is 0 Å². The SMILES string of the molecule is CC(N)c1cnccc1Oc1ccc(Cl)c(Cl)c1. The first-order valence-electron chi connectivity index (χ1n) is 5.40. The van der Waals surface area contributed by atoms with Crippen LogP contribution in [0.3, 0.4) is 0 Å². The molecule has 0 aliphatic heterocycles. The third kappa shape index (κ3) is 2.93. The van der Waals surface area contributed by atoms with Crippen LogP contribution in [0.5, 0.6) is 11.5 Å². The lowest BCUT2D eigenvalue weighted by Gasteiger charge is -2.13. The van der Waals surface area contributed by atoms with Crippen LogP contribution in [-0.2, 0) is 0 Å². The summed E-state index contributed by atoms with van der Waals surface area (Å²) in [5.74, 6) is 1.27. The zero-order valence-corrected chi connectivity index (χ0v) is 11.2. The van der Waals surface area contributed by atoms with E-state index in [9.17, 15) is 0 Å². The predicted molar refractivity (Wildman–Crippen MR) is 73.4 cm³/mol. The molecule has 1 aromatic heterocycles. The Balaban J connectivity index is 2.31. The minimum atomic E-state index is -0.156. The molecule has 0 fully saturated rings. The Morgan fingerprint density at radius 1 is 1.22 bits per heavy atom. The van der Waals surface area contributed by atoms with Gasteiger partial charge in [0.2, 0.25) is 0 Å². The quantitative estimate of drug-likeness (QED) is 0.918. The third-order valence-corrected chi connectivity index (χ3v) is 3.16. The highest BCUT2D eigenvalue weighted by molar-refractivity contribution is 6.42. The van der Waals surface area contributed by atoms with Crippen molar-refractivity contribution in [2.75, 3.05) is 0 Å². The lowest BCUT2D eigenvalue weighted by Crippen LogP contribution is -2.07. The fourth-order valence-electron chi connectivity index (χ4n) is 1.50. The van der Waals surface area contributed by atoms with E-state index in [4.69, 9.17) is 33.7 Å². The third-order valence-electron chi connectivity index (χ3n) is 2.42. The summed E-state index contributed by atoms with van der Waals surface area (Å²) >= 11 is 11.8. The summed E-state index contributed by atoms with van der Waals surface area (Å²) in [5.41, 5.74) is 6.69. The maximum atomic E-state index is 5.93. The van der Waals surface area contributed by atoms with Gasteiger partial charge in [-0.25, -0.2) is 0 Å². The molecule has 18 heavy (non-hydrogen) atoms. The zero-order valence-electron chi connectivity index (χ0n) is 9.73. The highest BCUT2D eigenvalue weighted by Gasteiger charge is 2.09. The number of halogens is 2. The van der Waals surface area contributed by atoms with Crippen molar-refractivity contribution < 1.29 is 4.74 Å². The van der Waals surface area contributed by atoms with E-state index in [1.165, 1.54) is 0 Å². The minimum Gasteiger partial charge on any atom is -0.457 e. The van der Waals surface area contributed by atoms with E-state index in [1.807, 2.05) is 6.92 Å². The number of ether oxygens (including phenoxy) is 1. The highest BCUT2D eigenvalue weighted by Crippen LogP contribution is 2.31. The van der Waals surface area contributed by atoms with Crippen molar-refractivity contribution in [2.24, 2.45) is 5.73 Å². The Bertz CT molecular complexity index is 558. The van der Waals surface area contributed by atoms with Crippen molar-refractivity contribution in [3.8, 4) is 11.5 Å². The molecule has 0 aliphatic carbocycles. The summed E-state index contributed by atoms with van der Waals surface area (Å²) in [7, 11) is 0. The van der Waals surface area contributed by atoms with Gasteiger partial charge in [-0.1, -0.05) is 23.2 Å². The maximum absolute atomic E-state index is 5.93. The van der Waals surface area contributed by atoms with E-state index < -0.39 is 0 Å². The molecule has 2 N–H and O–H groups in total. The Hall–Kier alpha value is -1.29. The van der Waals surface area contributed by atoms with Crippen molar-refractivity contribution in [3.05, 3.63) is 52.3 Å². The lowest BCUT2D eigenvalue weighted by molar-refractivity contribution is 0.471. The van der Waals surface area contributed by atoms with E-state index in [-0.39, 0.29) is 6.04 Å². The van der Waals surface area contributed by atoms with Crippen LogP contribution in [0.15, 0.2) is 36.7 Å². The summed E-state index contributed by atoms with van der Waals surface area (Å²) in [6.45, 7) is 1.87. The summed E-state index contributed by atoms with van der Waals surface area (Å²) in [4.78, 5) is 4.03. The molecule has 0 saturated carbocycles. The standard InChI is InChI=1S/C13H12Cl2N2O/c1-8(16)10-7-17-5-4-13(10)18-9-2-3-11(14)12(15)6-9/h2-8H,16H2,1H3. The summed E-state index contributed by atoms with van der Waals surface area (Å²) in [6, 6.07) is 6.71. The predicted octanol–water partition coefficient (Wildman–Crippen LogP) is 4.20. The van der Waals surface area contributed by atoms with Crippen LogP contribution in [0.25, 0.3) is 0 Å². The second kappa shape index (κ2) is 5.57. The van der Waals surface area contributed by atoms with Gasteiger partial charge in [0.1, 0.15) is 11.5 Å². The second-order valence-electron chi connectivity index (χ2n) is 3.88. The topological polar surface area (TPSA) is 48.1 Å². The zero-order chi connectivity index (χ0) is 13.1. The molecular formula is C13H12Cl2N2O. The smallest absolute Gasteiger partial charge is 0.135 e. The molecule has 1 unspecified atom stereocenters. The fourth-order valence-corrected chi connectivity index (χ4v) is 1.78. The number of aromatic nitrogens is 1. The van der Waals surface area contributed by atoms with Crippen LogP contribution in [0, 0.1) is 0 Å². The minimum absolute atomic E-state index is 0.156. The molecule has 0 amide bonds. The molecule has 0 radical (unpaired) electrons. The number of nitrogens with zero attached hydrogens (tertiary/aromatic N) is 1. The molecule has 0 saturated heterocycles. The Labute approximate surface area is 115 Å². The Morgan fingerprint density at radius 3 is 2.67 bits per heavy atom. The normalized spacial score (nSPS) is 12.2. The van der Waals surface area contributed by atoms with Crippen molar-refractivity contribution in [2.45, 2.75) is 13.0 Å². The maximum Gasteiger partial charge on any atom is 0.135 e. The Morgan fingerprint density at radius 2 is 2.00 bits per heavy atom. The van der Waals surface area contributed by atoms with Crippen LogP contribution in [-0.4, -0.2) is 4.98 Å². The Kier molecular flexibility index (Phi) is 4.07. The van der Waals surface area contributed by atoms with Crippen molar-refractivity contribution >= 4 is 23.2 Å². The molecule has 0 spiro atoms. The van der Waals surface area contributed by atoms with E-state index in [2.05, 4.69) is 4.98 Å². The molecule has 1 heterocycles. The van der Waals surface area contributed by atoms with Gasteiger partial charge >= 0.3 is 0 Å². The van der Waals surface area contributed by atoms with E-state index in [1.54, 1.807) is 36.7 Å². The van der Waals surface area contributed by atoms with Gasteiger partial charge in [-0.15, -0.1) is 0 Å². The van der Waals surface area contributed by atoms with Crippen molar-refractivity contribution in [3.63, 3.8) is 0 Å². The summed E-state index contributed by atoms with van der Waals surface area (Å²) in [6.07, 6.45) is 3.34. The molecule has 1 aromatic carbocycles. The van der Waals surface area contributed by atoms with Crippen molar-refractivity contribution in [1.82, 2.24) is 4.98 Å². The number of benzene rings is 1. The first-order valence-corrected chi connectivity index (χ1v) is 6.16. The molecule has 0 aliphatic rings. The van der Waals surface area contributed by atoms with Gasteiger partial charge in [-0.05, 0) is 25.1 Å². The lowest BCUT2D eigenvalue weighted by atomic mass is 10.1. The van der Waals surface area contributed by atoms with Gasteiger partial charge in [0.25, 0.3) is 0 Å². The molecular weight excluding hydrogens is 271 g/mol. The van der Waals surface area contributed by atoms with Gasteiger partial charge in [0.15, 0.2) is 0 Å². The first kappa shape index (κ1) is 13.1. The number of rotatable bonds is 3. The van der Waals surface area contributed by atoms with Crippen LogP contribution in [0.1, 0.15) is 18.5 Å². The highest BCUT2D eigenvalue weighted by atomic mass is 35.5. The van der Waals surface area contributed by atoms with E-state index in [0.29, 0.717) is 21.5 Å². The number of pyridine rings is 1. The van der Waals surface area contributed by atoms with E-state index in [0.717, 1.165) is 5.56 Å². The van der Waals surface area contributed by atoms with Gasteiger partial charge in [-0.2, -0.15) is 0 Å². The van der Waals surface area contributed by atoms with Gasteiger partial charge in [0, 0.05) is 30.1 Å². The first-order chi connectivity index (χ1) is 8.58. The number of nitrogens with two attached hydrogens (primary N) is 1. The largest absolute Gasteiger partial charge is 0.457 e. The summed E-state index contributed by atoms with van der Waals surface area (Å²) in [5, 5.41) is 0.941. The van der Waals surface area contributed by atoms with Crippen LogP contribution in [0.2, 0.25) is 10.0 Å². The fraction of sp³-hybridized carbons (Fsp3) is 0.154. The number of hydrogen-bond donors (Lipinski definition) is 1. The van der Waals surface area contributed by atoms with Gasteiger partial charge in [-0.3, -0.25) is 4.98 Å². The molecule has 0 bridgehead atoms. The summed E-state index contributed by atoms with van der Waals surface area (Å²) < 4.78 is 5.74. The molecule has 94 valence electrons. The van der Waals surface area contributed by atoms with Gasteiger partial charge in [0.05, 0.1) is 10.0 Å². The molecule has 2 rings (SSSR count). The molecule has 1 atom stereocenters. The van der Waals surface area contributed by atoms with E-state index >= 15 is 0 Å². The number of hydrogen-bond acceptors (Lipinski definition) is 3.